The van der Waals surface area contributed by atoms with Crippen molar-refractivity contribution in [2.75, 3.05) is 12.3 Å². The second-order valence-electron chi connectivity index (χ2n) is 6.23. The maximum absolute atomic E-state index is 12.2. The highest BCUT2D eigenvalue weighted by Crippen LogP contribution is 2.41. The topological polar surface area (TPSA) is 58.2 Å². The SMILES string of the molecule is O=S(=O)(CCC1CCCCN1)NC1CC1c1ccccc1. The molecule has 0 aromatic heterocycles. The van der Waals surface area contributed by atoms with Gasteiger partial charge in [0.05, 0.1) is 5.75 Å². The average molecular weight is 308 g/mol. The van der Waals surface area contributed by atoms with Crippen molar-refractivity contribution in [1.29, 1.82) is 0 Å². The lowest BCUT2D eigenvalue weighted by atomic mass is 10.0. The molecule has 1 aromatic carbocycles. The van der Waals surface area contributed by atoms with E-state index in [1.165, 1.54) is 18.4 Å². The molecule has 1 saturated heterocycles. The molecule has 21 heavy (non-hydrogen) atoms. The van der Waals surface area contributed by atoms with E-state index < -0.39 is 10.0 Å². The smallest absolute Gasteiger partial charge is 0.211 e. The van der Waals surface area contributed by atoms with Crippen LogP contribution in [0, 0.1) is 0 Å². The highest BCUT2D eigenvalue weighted by atomic mass is 32.2. The van der Waals surface area contributed by atoms with Gasteiger partial charge in [-0.15, -0.1) is 0 Å². The molecule has 1 heterocycles. The van der Waals surface area contributed by atoms with Crippen molar-refractivity contribution in [3.05, 3.63) is 35.9 Å². The highest BCUT2D eigenvalue weighted by Gasteiger charge is 2.40. The van der Waals surface area contributed by atoms with Crippen LogP contribution in [0.2, 0.25) is 0 Å². The molecule has 5 heteroatoms. The predicted molar refractivity (Wildman–Crippen MR) is 84.8 cm³/mol. The van der Waals surface area contributed by atoms with Crippen LogP contribution >= 0.6 is 0 Å². The van der Waals surface area contributed by atoms with Gasteiger partial charge in [0.2, 0.25) is 10.0 Å². The zero-order chi connectivity index (χ0) is 14.7. The van der Waals surface area contributed by atoms with Gasteiger partial charge in [-0.3, -0.25) is 0 Å². The molecule has 0 spiro atoms. The first kappa shape index (κ1) is 15.0. The minimum Gasteiger partial charge on any atom is -0.314 e. The van der Waals surface area contributed by atoms with Gasteiger partial charge in [-0.1, -0.05) is 36.8 Å². The number of rotatable bonds is 6. The Hall–Kier alpha value is -0.910. The normalized spacial score (nSPS) is 29.2. The number of nitrogens with one attached hydrogen (secondary N) is 2. The zero-order valence-electron chi connectivity index (χ0n) is 12.3. The average Bonchev–Trinajstić information content (AvgIpc) is 3.26. The molecular formula is C16H24N2O2S. The molecular weight excluding hydrogens is 284 g/mol. The van der Waals surface area contributed by atoms with E-state index in [4.69, 9.17) is 0 Å². The monoisotopic (exact) mass is 308 g/mol. The van der Waals surface area contributed by atoms with E-state index >= 15 is 0 Å². The van der Waals surface area contributed by atoms with E-state index in [-0.39, 0.29) is 11.8 Å². The summed E-state index contributed by atoms with van der Waals surface area (Å²) in [6.45, 7) is 1.02. The molecule has 2 fully saturated rings. The lowest BCUT2D eigenvalue weighted by molar-refractivity contribution is 0.392. The minimum absolute atomic E-state index is 0.0942. The number of hydrogen-bond donors (Lipinski definition) is 2. The summed E-state index contributed by atoms with van der Waals surface area (Å²) in [5.41, 5.74) is 1.24. The third kappa shape index (κ3) is 4.28. The second kappa shape index (κ2) is 6.46. The first-order valence-corrected chi connectivity index (χ1v) is 9.57. The Morgan fingerprint density at radius 1 is 1.19 bits per heavy atom. The summed E-state index contributed by atoms with van der Waals surface area (Å²) in [4.78, 5) is 0. The van der Waals surface area contributed by atoms with Crippen LogP contribution in [-0.4, -0.2) is 32.8 Å². The van der Waals surface area contributed by atoms with Gasteiger partial charge in [-0.05, 0) is 37.8 Å². The summed E-state index contributed by atoms with van der Waals surface area (Å²) in [6.07, 6.45) is 5.17. The van der Waals surface area contributed by atoms with Crippen LogP contribution in [0.1, 0.15) is 43.6 Å². The van der Waals surface area contributed by atoms with Crippen LogP contribution in [0.25, 0.3) is 0 Å². The molecule has 1 aromatic rings. The Morgan fingerprint density at radius 3 is 2.71 bits per heavy atom. The van der Waals surface area contributed by atoms with Crippen LogP contribution in [0.4, 0.5) is 0 Å². The van der Waals surface area contributed by atoms with Gasteiger partial charge < -0.3 is 5.32 Å². The highest BCUT2D eigenvalue weighted by molar-refractivity contribution is 7.89. The Morgan fingerprint density at radius 2 is 2.00 bits per heavy atom. The lowest BCUT2D eigenvalue weighted by Gasteiger charge is -2.23. The van der Waals surface area contributed by atoms with E-state index in [2.05, 4.69) is 22.2 Å². The quantitative estimate of drug-likeness (QED) is 0.845. The summed E-state index contributed by atoms with van der Waals surface area (Å²) in [5.74, 6) is 0.594. The molecule has 4 nitrogen and oxygen atoms in total. The van der Waals surface area contributed by atoms with E-state index in [0.29, 0.717) is 12.0 Å². The van der Waals surface area contributed by atoms with Crippen LogP contribution in [0.5, 0.6) is 0 Å². The van der Waals surface area contributed by atoms with E-state index in [1.54, 1.807) is 0 Å². The van der Waals surface area contributed by atoms with Crippen LogP contribution in [0.15, 0.2) is 30.3 Å². The first-order valence-electron chi connectivity index (χ1n) is 7.92. The van der Waals surface area contributed by atoms with Gasteiger partial charge >= 0.3 is 0 Å². The van der Waals surface area contributed by atoms with Crippen LogP contribution < -0.4 is 10.0 Å². The van der Waals surface area contributed by atoms with Gasteiger partial charge in [-0.2, -0.15) is 0 Å². The third-order valence-electron chi connectivity index (χ3n) is 4.50. The number of benzene rings is 1. The molecule has 116 valence electrons. The van der Waals surface area contributed by atoms with Gasteiger partial charge in [0.1, 0.15) is 0 Å². The van der Waals surface area contributed by atoms with Crippen LogP contribution in [0.3, 0.4) is 0 Å². The number of sulfonamides is 1. The Labute approximate surface area is 127 Å². The molecule has 3 unspecified atom stereocenters. The fourth-order valence-corrected chi connectivity index (χ4v) is 4.59. The Kier molecular flexibility index (Phi) is 4.62. The molecule has 1 aliphatic heterocycles. The van der Waals surface area contributed by atoms with Crippen molar-refractivity contribution in [2.45, 2.75) is 50.1 Å². The van der Waals surface area contributed by atoms with Crippen molar-refractivity contribution < 1.29 is 8.42 Å². The molecule has 3 rings (SSSR count). The molecule has 0 bridgehead atoms. The summed E-state index contributed by atoms with van der Waals surface area (Å²) < 4.78 is 27.2. The predicted octanol–water partition coefficient (Wildman–Crippen LogP) is 1.99. The molecule has 1 saturated carbocycles. The fourth-order valence-electron chi connectivity index (χ4n) is 3.15. The molecule has 0 radical (unpaired) electrons. The van der Waals surface area contributed by atoms with Crippen molar-refractivity contribution in [2.24, 2.45) is 0 Å². The fraction of sp³-hybridized carbons (Fsp3) is 0.625. The number of hydrogen-bond acceptors (Lipinski definition) is 3. The first-order chi connectivity index (χ1) is 10.1. The maximum atomic E-state index is 12.2. The molecule has 1 aliphatic carbocycles. The van der Waals surface area contributed by atoms with Crippen molar-refractivity contribution in [1.82, 2.24) is 10.0 Å². The largest absolute Gasteiger partial charge is 0.314 e. The van der Waals surface area contributed by atoms with E-state index in [0.717, 1.165) is 25.8 Å². The molecule has 2 N–H and O–H groups in total. The van der Waals surface area contributed by atoms with Gasteiger partial charge in [-0.25, -0.2) is 13.1 Å². The zero-order valence-corrected chi connectivity index (χ0v) is 13.1. The summed E-state index contributed by atoms with van der Waals surface area (Å²) >= 11 is 0. The van der Waals surface area contributed by atoms with Gasteiger partial charge in [0.25, 0.3) is 0 Å². The standard InChI is InChI=1S/C16H24N2O2S/c19-21(20,11-9-14-8-4-5-10-17-14)18-16-12-15(16)13-6-2-1-3-7-13/h1-3,6-7,14-18H,4-5,8-12H2. The van der Waals surface area contributed by atoms with Crippen molar-refractivity contribution >= 4 is 10.0 Å². The minimum atomic E-state index is -3.15. The summed E-state index contributed by atoms with van der Waals surface area (Å²) in [5, 5.41) is 3.40. The van der Waals surface area contributed by atoms with Crippen molar-refractivity contribution in [3.63, 3.8) is 0 Å². The Balaban J connectivity index is 1.46. The third-order valence-corrected chi connectivity index (χ3v) is 5.93. The molecule has 0 amide bonds. The van der Waals surface area contributed by atoms with E-state index in [9.17, 15) is 8.42 Å². The lowest BCUT2D eigenvalue weighted by Crippen LogP contribution is -2.37. The summed E-state index contributed by atoms with van der Waals surface area (Å²) in [7, 11) is -3.15. The van der Waals surface area contributed by atoms with E-state index in [1.807, 2.05) is 18.2 Å². The van der Waals surface area contributed by atoms with Gasteiger partial charge in [0.15, 0.2) is 0 Å². The molecule has 3 atom stereocenters. The van der Waals surface area contributed by atoms with Gasteiger partial charge in [0, 0.05) is 18.0 Å². The number of piperidine rings is 1. The maximum Gasteiger partial charge on any atom is 0.211 e. The molecule has 2 aliphatic rings. The Bertz CT molecular complexity index is 553. The summed E-state index contributed by atoms with van der Waals surface area (Å²) in [6, 6.07) is 10.6. The van der Waals surface area contributed by atoms with Crippen LogP contribution in [-0.2, 0) is 10.0 Å². The van der Waals surface area contributed by atoms with Crippen molar-refractivity contribution in [3.8, 4) is 0 Å². The second-order valence-corrected chi connectivity index (χ2v) is 8.11.